The van der Waals surface area contributed by atoms with Crippen molar-refractivity contribution in [3.63, 3.8) is 0 Å². The van der Waals surface area contributed by atoms with Gasteiger partial charge in [0.2, 0.25) is 5.91 Å². The maximum Gasteiger partial charge on any atom is 0.305 e. The first-order chi connectivity index (χ1) is 23.6. The number of fused-ring (bicyclic) bond motifs is 3. The van der Waals surface area contributed by atoms with Gasteiger partial charge in [0.25, 0.3) is 5.91 Å². The summed E-state index contributed by atoms with van der Waals surface area (Å²) < 4.78 is 17.4. The van der Waals surface area contributed by atoms with Crippen LogP contribution in [0.15, 0.2) is 72.8 Å². The van der Waals surface area contributed by atoms with Gasteiger partial charge in [0.15, 0.2) is 5.60 Å². The lowest BCUT2D eigenvalue weighted by Gasteiger charge is -2.39. The number of esters is 1. The first-order valence-corrected chi connectivity index (χ1v) is 20.4. The Bertz CT molecular complexity index is 1690. The molecule has 3 aromatic carbocycles. The minimum atomic E-state index is -2.44. The Balaban J connectivity index is 1.36. The van der Waals surface area contributed by atoms with Crippen LogP contribution in [0.2, 0.25) is 18.6 Å². The van der Waals surface area contributed by atoms with E-state index in [1.165, 1.54) is 12.3 Å². The minimum absolute atomic E-state index is 0.0780. The molecule has 10 heteroatoms. The van der Waals surface area contributed by atoms with Gasteiger partial charge in [-0.15, -0.1) is 0 Å². The van der Waals surface area contributed by atoms with Crippen molar-refractivity contribution >= 4 is 36.7 Å². The number of amides is 2. The second-order valence-electron chi connectivity index (χ2n) is 14.2. The molecule has 3 heterocycles. The van der Waals surface area contributed by atoms with Crippen LogP contribution in [0.4, 0.5) is 5.69 Å². The molecule has 0 unspecified atom stereocenters. The average molecular weight is 685 g/mol. The van der Waals surface area contributed by atoms with Gasteiger partial charge in [0.1, 0.15) is 5.75 Å². The number of rotatable bonds is 11. The number of hydrogen-bond acceptors (Lipinski definition) is 7. The predicted molar refractivity (Wildman–Crippen MR) is 190 cm³/mol. The normalized spacial score (nSPS) is 24.6. The molecule has 0 bridgehead atoms. The van der Waals surface area contributed by atoms with Crippen molar-refractivity contribution in [3.05, 3.63) is 89.5 Å². The highest BCUT2D eigenvalue weighted by molar-refractivity contribution is 6.91. The van der Waals surface area contributed by atoms with E-state index in [1.807, 2.05) is 59.5 Å². The van der Waals surface area contributed by atoms with Crippen LogP contribution in [-0.4, -0.2) is 75.4 Å². The highest BCUT2D eigenvalue weighted by Crippen LogP contribution is 2.60. The quantitative estimate of drug-likeness (QED) is 0.173. The monoisotopic (exact) mass is 684 g/mol. The van der Waals surface area contributed by atoms with E-state index < -0.39 is 19.8 Å². The van der Waals surface area contributed by atoms with Gasteiger partial charge < -0.3 is 29.1 Å². The van der Waals surface area contributed by atoms with Crippen molar-refractivity contribution in [2.24, 2.45) is 5.92 Å². The third kappa shape index (κ3) is 6.19. The number of methoxy groups -OCH3 is 2. The Hall–Kier alpha value is -3.99. The van der Waals surface area contributed by atoms with E-state index in [2.05, 4.69) is 38.2 Å². The number of hydrogen-bond donors (Lipinski definition) is 1. The molecule has 5 atom stereocenters. The highest BCUT2D eigenvalue weighted by atomic mass is 28.3. The Labute approximate surface area is 290 Å². The summed E-state index contributed by atoms with van der Waals surface area (Å²) in [5, 5.41) is 11.6. The topological polar surface area (TPSA) is 106 Å². The molecule has 0 saturated carbocycles. The zero-order valence-electron chi connectivity index (χ0n) is 29.2. The van der Waals surface area contributed by atoms with Gasteiger partial charge in [0.05, 0.1) is 53.2 Å². The number of benzene rings is 3. The number of nitrogens with zero attached hydrogens (tertiary/aromatic N) is 2. The summed E-state index contributed by atoms with van der Waals surface area (Å²) >= 11 is 0. The Morgan fingerprint density at radius 1 is 0.980 bits per heavy atom. The number of aliphatic hydroxyl groups is 1. The Morgan fingerprint density at radius 3 is 2.37 bits per heavy atom. The minimum Gasteiger partial charge on any atom is -0.497 e. The number of unbranched alkanes of at least 4 members (excludes halogenated alkanes) is 1. The highest BCUT2D eigenvalue weighted by Gasteiger charge is 2.66. The standard InChI is InChI=1S/C39H48N2O7Si/c1-26-37(49(4,5)31-19-17-30(46-2)18-20-31)34(23-35(43)41-24-28-13-7-6-12-27(28)22-29(41)25-42)48-39(26)32-14-8-9-15-33(32)40(38(39)45)21-11-10-16-36(44)47-3/h6-9,12-15,17-20,26,29,34,37,42H,10-11,16,21-25H2,1-5H3/t26-,29+,34+,37-,39+/m1/s1. The van der Waals surface area contributed by atoms with Gasteiger partial charge in [-0.05, 0) is 54.1 Å². The first-order valence-electron chi connectivity index (χ1n) is 17.3. The molecule has 1 saturated heterocycles. The number of para-hydroxylation sites is 1. The largest absolute Gasteiger partial charge is 0.497 e. The van der Waals surface area contributed by atoms with Crippen molar-refractivity contribution in [2.75, 3.05) is 32.3 Å². The van der Waals surface area contributed by atoms with E-state index in [-0.39, 0.29) is 48.3 Å². The van der Waals surface area contributed by atoms with Gasteiger partial charge in [-0.25, -0.2) is 0 Å². The summed E-state index contributed by atoms with van der Waals surface area (Å²) in [6.07, 6.45) is 1.70. The summed E-state index contributed by atoms with van der Waals surface area (Å²) in [6.45, 7) is 7.48. The van der Waals surface area contributed by atoms with E-state index in [0.717, 1.165) is 28.1 Å². The molecule has 6 rings (SSSR count). The zero-order chi connectivity index (χ0) is 34.9. The third-order valence-corrected chi connectivity index (χ3v) is 15.6. The van der Waals surface area contributed by atoms with Crippen LogP contribution in [-0.2, 0) is 42.4 Å². The fraction of sp³-hybridized carbons (Fsp3) is 0.462. The fourth-order valence-corrected chi connectivity index (χ4v) is 12.7. The lowest BCUT2D eigenvalue weighted by molar-refractivity contribution is -0.151. The smallest absolute Gasteiger partial charge is 0.305 e. The van der Waals surface area contributed by atoms with Crippen LogP contribution in [0.1, 0.15) is 49.3 Å². The van der Waals surface area contributed by atoms with Gasteiger partial charge in [0, 0.05) is 31.0 Å². The maximum atomic E-state index is 14.8. The molecule has 2 amide bonds. The Kier molecular flexibility index (Phi) is 10.0. The third-order valence-electron chi connectivity index (χ3n) is 11.2. The fourth-order valence-electron chi connectivity index (χ4n) is 8.66. The second-order valence-corrected chi connectivity index (χ2v) is 18.9. The molecule has 0 aromatic heterocycles. The van der Waals surface area contributed by atoms with Gasteiger partial charge in [-0.3, -0.25) is 14.4 Å². The lowest BCUT2D eigenvalue weighted by Crippen LogP contribution is -2.52. The number of carbonyl (C=O) groups excluding carboxylic acids is 3. The van der Waals surface area contributed by atoms with Crippen molar-refractivity contribution < 1.29 is 33.7 Å². The van der Waals surface area contributed by atoms with Crippen LogP contribution in [0.25, 0.3) is 0 Å². The van der Waals surface area contributed by atoms with Crippen LogP contribution < -0.4 is 14.8 Å². The van der Waals surface area contributed by atoms with Gasteiger partial charge in [-0.2, -0.15) is 0 Å². The number of carbonyl (C=O) groups is 3. The van der Waals surface area contributed by atoms with Crippen LogP contribution >= 0.6 is 0 Å². The molecule has 1 fully saturated rings. The Morgan fingerprint density at radius 2 is 1.67 bits per heavy atom. The van der Waals surface area contributed by atoms with Crippen molar-refractivity contribution in [2.45, 2.75) is 82.0 Å². The van der Waals surface area contributed by atoms with Crippen molar-refractivity contribution in [1.29, 1.82) is 0 Å². The summed E-state index contributed by atoms with van der Waals surface area (Å²) in [6, 6.07) is 23.8. The maximum absolute atomic E-state index is 14.8. The SMILES string of the molecule is COC(=O)CCCCN1C(=O)[C@@]2(O[C@@H](CC(=O)N3Cc4ccccc4C[C@H]3CO)[C@H]([Si](C)(C)c3ccc(OC)cc3)[C@H]2C)c2ccccc21. The first kappa shape index (κ1) is 34.9. The van der Waals surface area contributed by atoms with E-state index in [4.69, 9.17) is 14.2 Å². The average Bonchev–Trinajstić information content (AvgIpc) is 3.55. The molecular weight excluding hydrogens is 637 g/mol. The summed E-state index contributed by atoms with van der Waals surface area (Å²) in [5.74, 6) is 0.0813. The number of aliphatic hydroxyl groups excluding tert-OH is 1. The van der Waals surface area contributed by atoms with Crippen LogP contribution in [0, 0.1) is 5.92 Å². The number of anilines is 1. The predicted octanol–water partition coefficient (Wildman–Crippen LogP) is 4.94. The van der Waals surface area contributed by atoms with Crippen molar-refractivity contribution in [3.8, 4) is 5.75 Å². The molecular formula is C39H48N2O7Si. The van der Waals surface area contributed by atoms with E-state index in [0.29, 0.717) is 38.8 Å². The second kappa shape index (κ2) is 14.1. The molecule has 1 spiro atoms. The van der Waals surface area contributed by atoms with E-state index in [9.17, 15) is 19.5 Å². The van der Waals surface area contributed by atoms with Crippen LogP contribution in [0.3, 0.4) is 0 Å². The summed E-state index contributed by atoms with van der Waals surface area (Å²) in [4.78, 5) is 44.6. The molecule has 260 valence electrons. The van der Waals surface area contributed by atoms with Gasteiger partial charge in [-0.1, -0.05) is 79.8 Å². The molecule has 0 aliphatic carbocycles. The summed E-state index contributed by atoms with van der Waals surface area (Å²) in [5.41, 5.74) is 2.55. The molecule has 1 N–H and O–H groups in total. The molecule has 3 aliphatic heterocycles. The molecule has 9 nitrogen and oxygen atoms in total. The lowest BCUT2D eigenvalue weighted by atomic mass is 9.82. The zero-order valence-corrected chi connectivity index (χ0v) is 30.2. The molecule has 0 radical (unpaired) electrons. The van der Waals surface area contributed by atoms with Crippen LogP contribution in [0.5, 0.6) is 5.75 Å². The molecule has 3 aromatic rings. The number of ether oxygens (including phenoxy) is 3. The van der Waals surface area contributed by atoms with E-state index >= 15 is 0 Å². The van der Waals surface area contributed by atoms with E-state index in [1.54, 1.807) is 12.0 Å². The van der Waals surface area contributed by atoms with Crippen molar-refractivity contribution in [1.82, 2.24) is 4.90 Å². The molecule has 3 aliphatic rings. The van der Waals surface area contributed by atoms with Gasteiger partial charge >= 0.3 is 5.97 Å². The molecule has 49 heavy (non-hydrogen) atoms. The summed E-state index contributed by atoms with van der Waals surface area (Å²) in [7, 11) is 0.589.